The molecule has 0 saturated heterocycles. The first-order valence-corrected chi connectivity index (χ1v) is 15.9. The van der Waals surface area contributed by atoms with Gasteiger partial charge in [-0.15, -0.1) is 0 Å². The van der Waals surface area contributed by atoms with E-state index in [4.69, 9.17) is 9.72 Å². The molecule has 7 heteroatoms. The summed E-state index contributed by atoms with van der Waals surface area (Å²) in [7, 11) is 0. The Morgan fingerprint density at radius 2 is 1.40 bits per heavy atom. The molecule has 240 valence electrons. The third-order valence-corrected chi connectivity index (χ3v) is 8.93. The molecule has 1 atom stereocenters. The normalized spacial score (nSPS) is 15.0. The fourth-order valence-corrected chi connectivity index (χ4v) is 6.39. The number of benzene rings is 4. The summed E-state index contributed by atoms with van der Waals surface area (Å²) in [5.41, 5.74) is 4.24. The number of aromatic carboxylic acids is 1. The summed E-state index contributed by atoms with van der Waals surface area (Å²) in [6, 6.07) is 21.3. The van der Waals surface area contributed by atoms with Gasteiger partial charge in [-0.25, -0.2) is 9.78 Å². The minimum absolute atomic E-state index is 0.113. The highest BCUT2D eigenvalue weighted by Crippen LogP contribution is 2.40. The maximum Gasteiger partial charge on any atom is 0.335 e. The lowest BCUT2D eigenvalue weighted by Gasteiger charge is -2.28. The van der Waals surface area contributed by atoms with Gasteiger partial charge in [0.15, 0.2) is 11.6 Å². The number of hydrogen-bond donors (Lipinski definition) is 2. The predicted octanol–water partition coefficient (Wildman–Crippen LogP) is 8.56. The number of aryl methyl sites for hydroxylation is 1. The summed E-state index contributed by atoms with van der Waals surface area (Å²) in [6.07, 6.45) is 1.50. The highest BCUT2D eigenvalue weighted by molar-refractivity contribution is 6.30. The van der Waals surface area contributed by atoms with Crippen LogP contribution in [0, 0.1) is 0 Å². The van der Waals surface area contributed by atoms with Crippen LogP contribution in [0.25, 0.3) is 21.7 Å². The summed E-state index contributed by atoms with van der Waals surface area (Å²) in [4.78, 5) is 43.5. The zero-order valence-electron chi connectivity index (χ0n) is 27.6. The van der Waals surface area contributed by atoms with Crippen LogP contribution in [0.4, 0.5) is 0 Å². The van der Waals surface area contributed by atoms with Gasteiger partial charge in [-0.2, -0.15) is 0 Å². The highest BCUT2D eigenvalue weighted by atomic mass is 16.5. The molecule has 1 aliphatic carbocycles. The largest absolute Gasteiger partial charge is 0.507 e. The Balaban J connectivity index is 1.23. The molecular formula is C40H39NO6. The molecule has 47 heavy (non-hydrogen) atoms. The molecular weight excluding hydrogens is 590 g/mol. The topological polar surface area (TPSA) is 114 Å². The van der Waals surface area contributed by atoms with E-state index in [1.807, 2.05) is 24.3 Å². The Labute approximate surface area is 274 Å². The van der Waals surface area contributed by atoms with Crippen LogP contribution in [0.1, 0.15) is 107 Å². The number of aromatic hydroxyl groups is 1. The predicted molar refractivity (Wildman–Crippen MR) is 183 cm³/mol. The molecule has 0 radical (unpaired) electrons. The highest BCUT2D eigenvalue weighted by Gasteiger charge is 2.41. The zero-order chi connectivity index (χ0) is 33.8. The van der Waals surface area contributed by atoms with E-state index in [0.29, 0.717) is 45.7 Å². The Morgan fingerprint density at radius 3 is 2.02 bits per heavy atom. The fourth-order valence-electron chi connectivity index (χ4n) is 6.39. The maximum atomic E-state index is 13.6. The van der Waals surface area contributed by atoms with Gasteiger partial charge >= 0.3 is 5.97 Å². The van der Waals surface area contributed by atoms with Crippen LogP contribution < -0.4 is 4.74 Å². The van der Waals surface area contributed by atoms with Gasteiger partial charge in [0.1, 0.15) is 22.9 Å². The third kappa shape index (κ3) is 5.98. The minimum atomic E-state index is -1.08. The number of pyridine rings is 1. The number of carbonyl (C=O) groups is 3. The number of fused-ring (bicyclic) bond motifs is 3. The lowest BCUT2D eigenvalue weighted by molar-refractivity contribution is 0.0696. The average Bonchev–Trinajstić information content (AvgIpc) is 3.25. The van der Waals surface area contributed by atoms with Crippen molar-refractivity contribution in [2.75, 3.05) is 6.61 Å². The molecule has 0 amide bonds. The van der Waals surface area contributed by atoms with E-state index in [1.165, 1.54) is 12.1 Å². The summed E-state index contributed by atoms with van der Waals surface area (Å²) >= 11 is 0. The first-order valence-electron chi connectivity index (χ1n) is 15.9. The number of phenolic OH excluding ortho intramolecular Hbond substituents is 1. The molecule has 6 rings (SSSR count). The molecule has 0 spiro atoms. The van der Waals surface area contributed by atoms with Crippen LogP contribution in [0.15, 0.2) is 72.8 Å². The Kier molecular flexibility index (Phi) is 7.91. The minimum Gasteiger partial charge on any atom is -0.507 e. The van der Waals surface area contributed by atoms with Gasteiger partial charge in [-0.3, -0.25) is 9.59 Å². The van der Waals surface area contributed by atoms with E-state index in [2.05, 4.69) is 53.7 Å². The first kappa shape index (κ1) is 31.9. The molecule has 0 aliphatic heterocycles. The number of ether oxygens (including phenoxy) is 1. The summed E-state index contributed by atoms with van der Waals surface area (Å²) in [5.74, 6) is -1.88. The van der Waals surface area contributed by atoms with Crippen LogP contribution in [-0.4, -0.2) is 39.3 Å². The van der Waals surface area contributed by atoms with Gasteiger partial charge in [-0.05, 0) is 87.5 Å². The molecule has 0 saturated carbocycles. The van der Waals surface area contributed by atoms with Crippen LogP contribution in [-0.2, 0) is 17.3 Å². The second-order valence-electron chi connectivity index (χ2n) is 14.5. The summed E-state index contributed by atoms with van der Waals surface area (Å²) < 4.78 is 6.25. The second-order valence-corrected chi connectivity index (χ2v) is 14.5. The van der Waals surface area contributed by atoms with Crippen molar-refractivity contribution < 1.29 is 29.3 Å². The third-order valence-electron chi connectivity index (χ3n) is 8.93. The standard InChI is InChI=1S/C40H39NO6/c1-39(2,3)29-17-22(18-30(37(29)44)40(4,5)6)9-8-16-47-32-11-7-10-23-14-15-31(41-34(23)32)33-35(42)27-20-24-12-13-25(38(45)46)19-26(24)21-28(27)36(33)43/h7,10-15,17-21,33,44H,8-9,16H2,1-6H3,(H,45,46). The van der Waals surface area contributed by atoms with E-state index in [1.54, 1.807) is 24.3 Å². The van der Waals surface area contributed by atoms with Crippen molar-refractivity contribution in [3.63, 3.8) is 0 Å². The molecule has 5 aromatic rings. The number of nitrogens with zero attached hydrogens (tertiary/aromatic N) is 1. The van der Waals surface area contributed by atoms with Crippen molar-refractivity contribution in [3.05, 3.63) is 112 Å². The van der Waals surface area contributed by atoms with E-state index in [0.717, 1.165) is 34.9 Å². The van der Waals surface area contributed by atoms with Crippen molar-refractivity contribution in [1.29, 1.82) is 0 Å². The maximum absolute atomic E-state index is 13.6. The van der Waals surface area contributed by atoms with E-state index in [-0.39, 0.29) is 33.5 Å². The quantitative estimate of drug-likeness (QED) is 0.137. The molecule has 7 nitrogen and oxygen atoms in total. The number of para-hydroxylation sites is 1. The summed E-state index contributed by atoms with van der Waals surface area (Å²) in [6.45, 7) is 13.1. The monoisotopic (exact) mass is 629 g/mol. The van der Waals surface area contributed by atoms with Crippen LogP contribution in [0.2, 0.25) is 0 Å². The van der Waals surface area contributed by atoms with Crippen LogP contribution in [0.3, 0.4) is 0 Å². The number of carboxylic acids is 1. The molecule has 0 bridgehead atoms. The number of ketones is 2. The number of aromatic nitrogens is 1. The number of carbonyl (C=O) groups excluding carboxylic acids is 2. The average molecular weight is 630 g/mol. The van der Waals surface area contributed by atoms with Gasteiger partial charge in [0.2, 0.25) is 0 Å². The molecule has 1 aromatic heterocycles. The Morgan fingerprint density at radius 1 is 0.787 bits per heavy atom. The molecule has 4 aromatic carbocycles. The number of carboxylic acid groups (broad SMARTS) is 1. The van der Waals surface area contributed by atoms with E-state index in [9.17, 15) is 24.6 Å². The van der Waals surface area contributed by atoms with E-state index < -0.39 is 11.9 Å². The van der Waals surface area contributed by atoms with Gasteiger partial charge in [0, 0.05) is 16.5 Å². The molecule has 1 unspecified atom stereocenters. The van der Waals surface area contributed by atoms with Gasteiger partial charge in [0.25, 0.3) is 0 Å². The van der Waals surface area contributed by atoms with Crippen LogP contribution >= 0.6 is 0 Å². The second kappa shape index (κ2) is 11.6. The van der Waals surface area contributed by atoms with Gasteiger partial charge < -0.3 is 14.9 Å². The number of hydrogen-bond acceptors (Lipinski definition) is 6. The lowest BCUT2D eigenvalue weighted by atomic mass is 9.78. The van der Waals surface area contributed by atoms with Crippen molar-refractivity contribution in [3.8, 4) is 11.5 Å². The first-order chi connectivity index (χ1) is 22.1. The molecule has 1 aliphatic rings. The molecule has 0 fully saturated rings. The lowest BCUT2D eigenvalue weighted by Crippen LogP contribution is -2.18. The van der Waals surface area contributed by atoms with Gasteiger partial charge in [-0.1, -0.05) is 77.9 Å². The van der Waals surface area contributed by atoms with Gasteiger partial charge in [0.05, 0.1) is 17.9 Å². The summed E-state index contributed by atoms with van der Waals surface area (Å²) in [5, 5.41) is 22.6. The number of Topliss-reactive ketones (excluding diaryl/α,β-unsaturated/α-hetero) is 2. The number of rotatable bonds is 7. The fraction of sp³-hybridized carbons (Fsp3) is 0.300. The van der Waals surface area contributed by atoms with Crippen molar-refractivity contribution in [2.24, 2.45) is 0 Å². The van der Waals surface area contributed by atoms with Crippen molar-refractivity contribution in [2.45, 2.75) is 71.1 Å². The molecule has 2 N–H and O–H groups in total. The van der Waals surface area contributed by atoms with Crippen LogP contribution in [0.5, 0.6) is 11.5 Å². The SMILES string of the molecule is CC(C)(C)c1cc(CCCOc2cccc3ccc(C4C(=O)c5cc6ccc(C(=O)O)cc6cc5C4=O)nc23)cc(C(C)(C)C)c1O. The zero-order valence-corrected chi connectivity index (χ0v) is 27.6. The van der Waals surface area contributed by atoms with Crippen molar-refractivity contribution in [1.82, 2.24) is 4.98 Å². The smallest absolute Gasteiger partial charge is 0.335 e. The Hall–Kier alpha value is -5.04. The van der Waals surface area contributed by atoms with Crippen molar-refractivity contribution >= 4 is 39.2 Å². The molecule has 1 heterocycles. The van der Waals surface area contributed by atoms with E-state index >= 15 is 0 Å². The number of phenols is 1. The Bertz CT molecular complexity index is 2060.